The van der Waals surface area contributed by atoms with Crippen molar-refractivity contribution in [1.29, 1.82) is 0 Å². The van der Waals surface area contributed by atoms with Gasteiger partial charge in [0.1, 0.15) is 5.82 Å². The van der Waals surface area contributed by atoms with Crippen molar-refractivity contribution in [2.45, 2.75) is 20.1 Å². The predicted molar refractivity (Wildman–Crippen MR) is 65.4 cm³/mol. The fraction of sp³-hybridized carbons (Fsp3) is 0.231. The number of hydrogen-bond donors (Lipinski definition) is 2. The number of hydrogen-bond acceptors (Lipinski definition) is 3. The molecule has 1 aromatic heterocycles. The molecule has 0 aliphatic rings. The lowest BCUT2D eigenvalue weighted by molar-refractivity contribution is 0.0697. The second-order valence-electron chi connectivity index (χ2n) is 4.04. The average molecular weight is 246 g/mol. The minimum atomic E-state index is -0.934. The SMILES string of the molecule is Cc1ncc(CO)n1Cc1ccc(C(=O)O)cc1. The molecule has 2 rings (SSSR count). The van der Waals surface area contributed by atoms with Gasteiger partial charge < -0.3 is 14.8 Å². The van der Waals surface area contributed by atoms with Crippen molar-refractivity contribution in [3.63, 3.8) is 0 Å². The number of aliphatic hydroxyl groups is 1. The van der Waals surface area contributed by atoms with E-state index in [1.807, 2.05) is 11.5 Å². The molecule has 0 saturated carbocycles. The molecule has 2 N–H and O–H groups in total. The number of aromatic nitrogens is 2. The summed E-state index contributed by atoms with van der Waals surface area (Å²) in [6, 6.07) is 6.68. The second kappa shape index (κ2) is 5.01. The molecule has 0 radical (unpaired) electrons. The van der Waals surface area contributed by atoms with Crippen LogP contribution in [0.4, 0.5) is 0 Å². The molecule has 0 unspecified atom stereocenters. The van der Waals surface area contributed by atoms with Gasteiger partial charge in [-0.1, -0.05) is 12.1 Å². The minimum absolute atomic E-state index is 0.0615. The number of imidazole rings is 1. The third-order valence-electron chi connectivity index (χ3n) is 2.84. The van der Waals surface area contributed by atoms with Gasteiger partial charge in [0.2, 0.25) is 0 Å². The van der Waals surface area contributed by atoms with Crippen LogP contribution >= 0.6 is 0 Å². The van der Waals surface area contributed by atoms with Crippen LogP contribution in [0.5, 0.6) is 0 Å². The van der Waals surface area contributed by atoms with Crippen LogP contribution in [-0.2, 0) is 13.2 Å². The third kappa shape index (κ3) is 2.41. The summed E-state index contributed by atoms with van der Waals surface area (Å²) < 4.78 is 1.90. The molecule has 2 aromatic rings. The Morgan fingerprint density at radius 3 is 2.56 bits per heavy atom. The first-order valence-electron chi connectivity index (χ1n) is 5.56. The predicted octanol–water partition coefficient (Wildman–Crippen LogP) is 1.43. The van der Waals surface area contributed by atoms with Gasteiger partial charge in [0.15, 0.2) is 0 Å². The smallest absolute Gasteiger partial charge is 0.335 e. The van der Waals surface area contributed by atoms with Gasteiger partial charge in [-0.05, 0) is 24.6 Å². The minimum Gasteiger partial charge on any atom is -0.478 e. The lowest BCUT2D eigenvalue weighted by Crippen LogP contribution is -2.06. The molecule has 5 nitrogen and oxygen atoms in total. The summed E-state index contributed by atoms with van der Waals surface area (Å²) in [5.41, 5.74) is 1.98. The van der Waals surface area contributed by atoms with Crippen molar-refractivity contribution in [2.24, 2.45) is 0 Å². The van der Waals surface area contributed by atoms with E-state index in [0.717, 1.165) is 17.1 Å². The Bertz CT molecular complexity index is 558. The van der Waals surface area contributed by atoms with E-state index in [-0.39, 0.29) is 12.2 Å². The Kier molecular flexibility index (Phi) is 3.43. The number of carboxylic acids is 1. The fourth-order valence-electron chi connectivity index (χ4n) is 1.79. The Hall–Kier alpha value is -2.14. The van der Waals surface area contributed by atoms with E-state index in [4.69, 9.17) is 5.11 Å². The highest BCUT2D eigenvalue weighted by Crippen LogP contribution is 2.11. The molecule has 0 amide bonds. The van der Waals surface area contributed by atoms with E-state index >= 15 is 0 Å². The number of benzene rings is 1. The van der Waals surface area contributed by atoms with Crippen LogP contribution in [0.3, 0.4) is 0 Å². The van der Waals surface area contributed by atoms with Gasteiger partial charge in [-0.15, -0.1) is 0 Å². The number of nitrogens with zero attached hydrogens (tertiary/aromatic N) is 2. The van der Waals surface area contributed by atoms with Crippen LogP contribution in [-0.4, -0.2) is 25.7 Å². The first kappa shape index (κ1) is 12.3. The molecule has 0 spiro atoms. The molecule has 0 saturated heterocycles. The normalized spacial score (nSPS) is 10.6. The standard InChI is InChI=1S/C13H14N2O3/c1-9-14-6-12(8-16)15(9)7-10-2-4-11(5-3-10)13(17)18/h2-6,16H,7-8H2,1H3,(H,17,18). The summed E-state index contributed by atoms with van der Waals surface area (Å²) in [6.45, 7) is 2.38. The lowest BCUT2D eigenvalue weighted by Gasteiger charge is -2.09. The van der Waals surface area contributed by atoms with Gasteiger partial charge in [0.05, 0.1) is 24.1 Å². The fourth-order valence-corrected chi connectivity index (χ4v) is 1.79. The van der Waals surface area contributed by atoms with Crippen LogP contribution in [0, 0.1) is 6.92 Å². The summed E-state index contributed by atoms with van der Waals surface area (Å²) in [7, 11) is 0. The van der Waals surface area contributed by atoms with Gasteiger partial charge in [-0.3, -0.25) is 0 Å². The summed E-state index contributed by atoms with van der Waals surface area (Å²) in [4.78, 5) is 14.9. The molecular weight excluding hydrogens is 232 g/mol. The Balaban J connectivity index is 2.23. The van der Waals surface area contributed by atoms with E-state index in [1.165, 1.54) is 0 Å². The quantitative estimate of drug-likeness (QED) is 0.855. The summed E-state index contributed by atoms with van der Waals surface area (Å²) >= 11 is 0. The van der Waals surface area contributed by atoms with Crippen molar-refractivity contribution in [3.8, 4) is 0 Å². The van der Waals surface area contributed by atoms with Gasteiger partial charge in [0.25, 0.3) is 0 Å². The highest BCUT2D eigenvalue weighted by Gasteiger charge is 2.07. The van der Waals surface area contributed by atoms with Gasteiger partial charge >= 0.3 is 5.97 Å². The summed E-state index contributed by atoms with van der Waals surface area (Å²) in [5, 5.41) is 18.0. The zero-order valence-corrected chi connectivity index (χ0v) is 10.00. The van der Waals surface area contributed by atoms with Crippen molar-refractivity contribution >= 4 is 5.97 Å². The largest absolute Gasteiger partial charge is 0.478 e. The van der Waals surface area contributed by atoms with E-state index in [9.17, 15) is 9.90 Å². The van der Waals surface area contributed by atoms with E-state index in [2.05, 4.69) is 4.98 Å². The molecule has 18 heavy (non-hydrogen) atoms. The number of aliphatic hydroxyl groups excluding tert-OH is 1. The molecule has 94 valence electrons. The van der Waals surface area contributed by atoms with Crippen LogP contribution in [0.1, 0.15) is 27.4 Å². The average Bonchev–Trinajstić information content (AvgIpc) is 2.71. The number of carboxylic acid groups (broad SMARTS) is 1. The molecule has 0 bridgehead atoms. The number of carbonyl (C=O) groups is 1. The number of aryl methyl sites for hydroxylation is 1. The Morgan fingerprint density at radius 1 is 1.33 bits per heavy atom. The molecular formula is C13H14N2O3. The van der Waals surface area contributed by atoms with Crippen molar-refractivity contribution < 1.29 is 15.0 Å². The summed E-state index contributed by atoms with van der Waals surface area (Å²) in [5.74, 6) is -0.113. The van der Waals surface area contributed by atoms with E-state index < -0.39 is 5.97 Å². The molecule has 1 aromatic carbocycles. The maximum absolute atomic E-state index is 10.7. The summed E-state index contributed by atoms with van der Waals surface area (Å²) in [6.07, 6.45) is 1.64. The maximum Gasteiger partial charge on any atom is 0.335 e. The maximum atomic E-state index is 10.7. The van der Waals surface area contributed by atoms with E-state index in [0.29, 0.717) is 6.54 Å². The molecule has 5 heteroatoms. The van der Waals surface area contributed by atoms with Crippen LogP contribution in [0.15, 0.2) is 30.5 Å². The Labute approximate surface area is 104 Å². The van der Waals surface area contributed by atoms with Crippen LogP contribution < -0.4 is 0 Å². The van der Waals surface area contributed by atoms with Gasteiger partial charge in [0, 0.05) is 6.54 Å². The number of rotatable bonds is 4. The Morgan fingerprint density at radius 2 is 2.00 bits per heavy atom. The third-order valence-corrected chi connectivity index (χ3v) is 2.84. The molecule has 0 atom stereocenters. The topological polar surface area (TPSA) is 75.4 Å². The van der Waals surface area contributed by atoms with Crippen molar-refractivity contribution in [3.05, 3.63) is 53.1 Å². The first-order chi connectivity index (χ1) is 8.61. The van der Waals surface area contributed by atoms with Crippen molar-refractivity contribution in [1.82, 2.24) is 9.55 Å². The first-order valence-corrected chi connectivity index (χ1v) is 5.56. The zero-order valence-electron chi connectivity index (χ0n) is 10.00. The monoisotopic (exact) mass is 246 g/mol. The highest BCUT2D eigenvalue weighted by atomic mass is 16.4. The van der Waals surface area contributed by atoms with Crippen LogP contribution in [0.2, 0.25) is 0 Å². The highest BCUT2D eigenvalue weighted by molar-refractivity contribution is 5.87. The van der Waals surface area contributed by atoms with Gasteiger partial charge in [-0.25, -0.2) is 9.78 Å². The van der Waals surface area contributed by atoms with Gasteiger partial charge in [-0.2, -0.15) is 0 Å². The zero-order chi connectivity index (χ0) is 13.1. The molecule has 0 fully saturated rings. The van der Waals surface area contributed by atoms with Crippen LogP contribution in [0.25, 0.3) is 0 Å². The molecule has 0 aliphatic carbocycles. The van der Waals surface area contributed by atoms with E-state index in [1.54, 1.807) is 30.5 Å². The molecule has 0 aliphatic heterocycles. The lowest BCUT2D eigenvalue weighted by atomic mass is 10.1. The van der Waals surface area contributed by atoms with Crippen molar-refractivity contribution in [2.75, 3.05) is 0 Å². The molecule has 1 heterocycles. The number of aromatic carboxylic acids is 1. The second-order valence-corrected chi connectivity index (χ2v) is 4.04.